The Morgan fingerprint density at radius 3 is 3.07 bits per heavy atom. The van der Waals surface area contributed by atoms with E-state index in [-0.39, 0.29) is 6.04 Å². The van der Waals surface area contributed by atoms with Gasteiger partial charge in [-0.05, 0) is 25.5 Å². The number of hydrogen-bond donors (Lipinski definition) is 1. The van der Waals surface area contributed by atoms with Crippen LogP contribution in [-0.2, 0) is 0 Å². The van der Waals surface area contributed by atoms with E-state index in [9.17, 15) is 0 Å². The van der Waals surface area contributed by atoms with Crippen LogP contribution in [0.4, 0.5) is 5.82 Å². The molecule has 1 heterocycles. The smallest absolute Gasteiger partial charge is 0.168 e. The molecule has 1 aromatic heterocycles. The van der Waals surface area contributed by atoms with E-state index in [1.54, 1.807) is 6.20 Å². The molecule has 1 rings (SSSR count). The Kier molecular flexibility index (Phi) is 5.26. The summed E-state index contributed by atoms with van der Waals surface area (Å²) in [6.07, 6.45) is 2.72. The van der Waals surface area contributed by atoms with Gasteiger partial charge in [0, 0.05) is 18.1 Å². The van der Waals surface area contributed by atoms with Crippen LogP contribution in [0.5, 0.6) is 5.75 Å². The highest BCUT2D eigenvalue weighted by molar-refractivity contribution is 6.18. The zero-order chi connectivity index (χ0) is 11.1. The first-order chi connectivity index (χ1) is 7.27. The molecule has 0 amide bonds. The number of aromatic nitrogens is 1. The number of nitrogens with zero attached hydrogens (tertiary/aromatic N) is 1. The van der Waals surface area contributed by atoms with Gasteiger partial charge in [0.25, 0.3) is 0 Å². The number of anilines is 1. The normalized spacial score (nSPS) is 12.2. The summed E-state index contributed by atoms with van der Waals surface area (Å²) in [5.74, 6) is 2.10. The monoisotopic (exact) mass is 228 g/mol. The number of hydrogen-bond acceptors (Lipinski definition) is 3. The predicted molar refractivity (Wildman–Crippen MR) is 63.8 cm³/mol. The number of alkyl halides is 1. The van der Waals surface area contributed by atoms with Crippen molar-refractivity contribution in [1.82, 2.24) is 4.98 Å². The van der Waals surface area contributed by atoms with Gasteiger partial charge in [-0.15, -0.1) is 11.6 Å². The Morgan fingerprint density at radius 2 is 2.40 bits per heavy atom. The molecule has 0 aliphatic rings. The van der Waals surface area contributed by atoms with Gasteiger partial charge in [0.2, 0.25) is 0 Å². The van der Waals surface area contributed by atoms with Gasteiger partial charge >= 0.3 is 0 Å². The van der Waals surface area contributed by atoms with Crippen molar-refractivity contribution in [3.8, 4) is 5.75 Å². The molecular weight excluding hydrogens is 212 g/mol. The second-order valence-electron chi connectivity index (χ2n) is 3.40. The van der Waals surface area contributed by atoms with E-state index in [1.807, 2.05) is 19.1 Å². The average molecular weight is 229 g/mol. The molecule has 3 nitrogen and oxygen atoms in total. The van der Waals surface area contributed by atoms with Gasteiger partial charge in [-0.25, -0.2) is 4.98 Å². The summed E-state index contributed by atoms with van der Waals surface area (Å²) in [5.41, 5.74) is 0. The van der Waals surface area contributed by atoms with Crippen LogP contribution in [0.25, 0.3) is 0 Å². The van der Waals surface area contributed by atoms with Crippen molar-refractivity contribution in [2.75, 3.05) is 17.8 Å². The lowest BCUT2D eigenvalue weighted by Crippen LogP contribution is -2.18. The average Bonchev–Trinajstić information content (AvgIpc) is 2.28. The van der Waals surface area contributed by atoms with E-state index in [0.717, 1.165) is 18.0 Å². The van der Waals surface area contributed by atoms with Gasteiger partial charge < -0.3 is 10.1 Å². The molecule has 1 aromatic rings. The topological polar surface area (TPSA) is 34.1 Å². The van der Waals surface area contributed by atoms with E-state index in [4.69, 9.17) is 16.3 Å². The SMILES string of the molecule is CCCOc1cccnc1NC(C)CCl. The lowest BCUT2D eigenvalue weighted by molar-refractivity contribution is 0.317. The van der Waals surface area contributed by atoms with Crippen LogP contribution >= 0.6 is 11.6 Å². The number of rotatable bonds is 6. The molecule has 15 heavy (non-hydrogen) atoms. The van der Waals surface area contributed by atoms with Gasteiger partial charge in [0.1, 0.15) is 0 Å². The van der Waals surface area contributed by atoms with Crippen molar-refractivity contribution < 1.29 is 4.74 Å². The fourth-order valence-corrected chi connectivity index (χ4v) is 1.18. The quantitative estimate of drug-likeness (QED) is 0.761. The van der Waals surface area contributed by atoms with Gasteiger partial charge in [-0.2, -0.15) is 0 Å². The maximum atomic E-state index is 5.73. The molecule has 0 saturated carbocycles. The van der Waals surface area contributed by atoms with E-state index in [2.05, 4.69) is 17.2 Å². The van der Waals surface area contributed by atoms with Gasteiger partial charge in [-0.3, -0.25) is 0 Å². The zero-order valence-electron chi connectivity index (χ0n) is 9.16. The minimum atomic E-state index is 0.186. The number of nitrogens with one attached hydrogen (secondary N) is 1. The molecular formula is C11H17ClN2O. The molecule has 1 unspecified atom stereocenters. The summed E-state index contributed by atoms with van der Waals surface area (Å²) in [6.45, 7) is 4.78. The highest BCUT2D eigenvalue weighted by Gasteiger charge is 2.06. The zero-order valence-corrected chi connectivity index (χ0v) is 9.92. The van der Waals surface area contributed by atoms with Crippen molar-refractivity contribution in [1.29, 1.82) is 0 Å². The van der Waals surface area contributed by atoms with Crippen molar-refractivity contribution in [3.63, 3.8) is 0 Å². The number of pyridine rings is 1. The third kappa shape index (κ3) is 3.96. The summed E-state index contributed by atoms with van der Waals surface area (Å²) in [5, 5.41) is 3.20. The highest BCUT2D eigenvalue weighted by Crippen LogP contribution is 2.21. The minimum absolute atomic E-state index is 0.186. The Hall–Kier alpha value is -0.960. The molecule has 84 valence electrons. The highest BCUT2D eigenvalue weighted by atomic mass is 35.5. The molecule has 1 N–H and O–H groups in total. The molecule has 0 aliphatic heterocycles. The lowest BCUT2D eigenvalue weighted by Gasteiger charge is -2.14. The molecule has 0 spiro atoms. The Bertz CT molecular complexity index is 294. The van der Waals surface area contributed by atoms with Crippen LogP contribution in [0.2, 0.25) is 0 Å². The molecule has 4 heteroatoms. The van der Waals surface area contributed by atoms with Gasteiger partial charge in [-0.1, -0.05) is 6.92 Å². The van der Waals surface area contributed by atoms with E-state index >= 15 is 0 Å². The molecule has 0 bridgehead atoms. The standard InChI is InChI=1S/C11H17ClN2O/c1-3-7-15-10-5-4-6-13-11(10)14-9(2)8-12/h4-6,9H,3,7-8H2,1-2H3,(H,13,14). The second-order valence-corrected chi connectivity index (χ2v) is 3.71. The van der Waals surface area contributed by atoms with Crippen LogP contribution in [0.15, 0.2) is 18.3 Å². The van der Waals surface area contributed by atoms with Crippen LogP contribution in [0.3, 0.4) is 0 Å². The molecule has 0 fully saturated rings. The van der Waals surface area contributed by atoms with Crippen LogP contribution in [0, 0.1) is 0 Å². The summed E-state index contributed by atoms with van der Waals surface area (Å²) < 4.78 is 5.56. The summed E-state index contributed by atoms with van der Waals surface area (Å²) >= 11 is 5.73. The van der Waals surface area contributed by atoms with Crippen LogP contribution in [0.1, 0.15) is 20.3 Å². The fourth-order valence-electron chi connectivity index (χ4n) is 1.10. The maximum absolute atomic E-state index is 5.73. The second kappa shape index (κ2) is 6.51. The van der Waals surface area contributed by atoms with E-state index in [0.29, 0.717) is 12.5 Å². The van der Waals surface area contributed by atoms with Crippen molar-refractivity contribution in [2.45, 2.75) is 26.3 Å². The largest absolute Gasteiger partial charge is 0.490 e. The predicted octanol–water partition coefficient (Wildman–Crippen LogP) is 2.91. The summed E-state index contributed by atoms with van der Waals surface area (Å²) in [4.78, 5) is 4.22. The Balaban J connectivity index is 2.67. The van der Waals surface area contributed by atoms with Crippen LogP contribution in [-0.4, -0.2) is 23.5 Å². The summed E-state index contributed by atoms with van der Waals surface area (Å²) in [6, 6.07) is 3.96. The van der Waals surface area contributed by atoms with Crippen LogP contribution < -0.4 is 10.1 Å². The molecule has 0 radical (unpaired) electrons. The van der Waals surface area contributed by atoms with Crippen molar-refractivity contribution in [3.05, 3.63) is 18.3 Å². The fraction of sp³-hybridized carbons (Fsp3) is 0.545. The minimum Gasteiger partial charge on any atom is -0.490 e. The van der Waals surface area contributed by atoms with E-state index in [1.165, 1.54) is 0 Å². The summed E-state index contributed by atoms with van der Waals surface area (Å²) in [7, 11) is 0. The van der Waals surface area contributed by atoms with Crippen molar-refractivity contribution >= 4 is 17.4 Å². The first-order valence-electron chi connectivity index (χ1n) is 5.18. The first-order valence-corrected chi connectivity index (χ1v) is 5.71. The molecule has 0 aliphatic carbocycles. The lowest BCUT2D eigenvalue weighted by atomic mass is 10.3. The van der Waals surface area contributed by atoms with Gasteiger partial charge in [0.15, 0.2) is 11.6 Å². The Labute approximate surface area is 95.8 Å². The number of ether oxygens (including phenoxy) is 1. The molecule has 1 atom stereocenters. The van der Waals surface area contributed by atoms with E-state index < -0.39 is 0 Å². The third-order valence-corrected chi connectivity index (χ3v) is 2.31. The maximum Gasteiger partial charge on any atom is 0.168 e. The van der Waals surface area contributed by atoms with Crippen molar-refractivity contribution in [2.24, 2.45) is 0 Å². The molecule has 0 aromatic carbocycles. The van der Waals surface area contributed by atoms with Gasteiger partial charge in [0.05, 0.1) is 6.61 Å². The Morgan fingerprint density at radius 1 is 1.60 bits per heavy atom. The first kappa shape index (κ1) is 12.1. The third-order valence-electron chi connectivity index (χ3n) is 1.85. The molecule has 0 saturated heterocycles. The number of halogens is 1.